The number of ether oxygens (including phenoxy) is 1. The molecule has 2 aromatic rings. The van der Waals surface area contributed by atoms with Crippen molar-refractivity contribution in [3.05, 3.63) is 60.2 Å². The fraction of sp³-hybridized carbons (Fsp3) is 0.250. The van der Waals surface area contributed by atoms with Crippen molar-refractivity contribution in [2.75, 3.05) is 11.9 Å². The highest BCUT2D eigenvalue weighted by Crippen LogP contribution is 2.30. The number of carbonyl (C=O) groups is 2. The second-order valence-electron chi connectivity index (χ2n) is 6.18. The van der Waals surface area contributed by atoms with Gasteiger partial charge in [-0.3, -0.25) is 9.59 Å². The first-order valence-corrected chi connectivity index (χ1v) is 8.54. The predicted octanol–water partition coefficient (Wildman–Crippen LogP) is 2.95. The van der Waals surface area contributed by atoms with E-state index in [2.05, 4.69) is 15.8 Å². The smallest absolute Gasteiger partial charge is 0.277 e. The molecule has 6 nitrogen and oxygen atoms in total. The normalized spacial score (nSPS) is 13.8. The number of rotatable bonds is 7. The van der Waals surface area contributed by atoms with Gasteiger partial charge in [0, 0.05) is 11.6 Å². The van der Waals surface area contributed by atoms with Crippen molar-refractivity contribution in [3.63, 3.8) is 0 Å². The van der Waals surface area contributed by atoms with Gasteiger partial charge in [0.15, 0.2) is 6.61 Å². The van der Waals surface area contributed by atoms with E-state index in [1.807, 2.05) is 42.5 Å². The summed E-state index contributed by atoms with van der Waals surface area (Å²) in [6, 6.07) is 16.5. The summed E-state index contributed by atoms with van der Waals surface area (Å²) in [6.07, 6.45) is 1.92. The third kappa shape index (κ3) is 5.17. The van der Waals surface area contributed by atoms with Crippen LogP contribution < -0.4 is 15.5 Å². The zero-order chi connectivity index (χ0) is 18.4. The second kappa shape index (κ2) is 8.29. The van der Waals surface area contributed by atoms with Crippen LogP contribution in [0.2, 0.25) is 0 Å². The molecule has 0 bridgehead atoms. The molecule has 1 aliphatic rings. The summed E-state index contributed by atoms with van der Waals surface area (Å²) < 4.78 is 5.37. The molecule has 2 aromatic carbocycles. The number of anilines is 1. The summed E-state index contributed by atoms with van der Waals surface area (Å²) >= 11 is 0. The lowest BCUT2D eigenvalue weighted by Gasteiger charge is -2.08. The van der Waals surface area contributed by atoms with Crippen molar-refractivity contribution in [1.82, 2.24) is 5.43 Å². The number of hydrogen-bond donors (Lipinski definition) is 2. The van der Waals surface area contributed by atoms with Gasteiger partial charge in [-0.1, -0.05) is 30.3 Å². The monoisotopic (exact) mass is 351 g/mol. The molecule has 3 rings (SSSR count). The van der Waals surface area contributed by atoms with E-state index < -0.39 is 0 Å². The highest BCUT2D eigenvalue weighted by Gasteiger charge is 2.29. The predicted molar refractivity (Wildman–Crippen MR) is 100 cm³/mol. The summed E-state index contributed by atoms with van der Waals surface area (Å²) in [4.78, 5) is 23.7. The number of amides is 2. The Labute approximate surface area is 152 Å². The molecule has 0 radical (unpaired) electrons. The first kappa shape index (κ1) is 17.7. The van der Waals surface area contributed by atoms with Crippen LogP contribution in [0.15, 0.2) is 59.7 Å². The summed E-state index contributed by atoms with van der Waals surface area (Å²) in [7, 11) is 0. The van der Waals surface area contributed by atoms with E-state index >= 15 is 0 Å². The molecule has 0 aromatic heterocycles. The van der Waals surface area contributed by atoms with Crippen molar-refractivity contribution in [3.8, 4) is 5.75 Å². The van der Waals surface area contributed by atoms with Crippen LogP contribution in [-0.4, -0.2) is 24.1 Å². The van der Waals surface area contributed by atoms with E-state index in [4.69, 9.17) is 4.74 Å². The molecule has 0 saturated heterocycles. The van der Waals surface area contributed by atoms with Crippen LogP contribution in [0.3, 0.4) is 0 Å². The zero-order valence-electron chi connectivity index (χ0n) is 14.6. The summed E-state index contributed by atoms with van der Waals surface area (Å²) in [6.45, 7) is 1.68. The van der Waals surface area contributed by atoms with Gasteiger partial charge in [0.05, 0.1) is 5.71 Å². The van der Waals surface area contributed by atoms with Crippen molar-refractivity contribution in [1.29, 1.82) is 0 Å². The third-order valence-corrected chi connectivity index (χ3v) is 3.96. The van der Waals surface area contributed by atoms with E-state index in [1.165, 1.54) is 0 Å². The van der Waals surface area contributed by atoms with Gasteiger partial charge < -0.3 is 10.1 Å². The molecule has 1 fully saturated rings. The SMILES string of the molecule is C/C(=N\NC(=O)COc1ccccc1)c1cccc(NC(=O)C2CC2)c1. The molecule has 2 amide bonds. The van der Waals surface area contributed by atoms with Crippen LogP contribution in [0.1, 0.15) is 25.3 Å². The summed E-state index contributed by atoms with van der Waals surface area (Å²) in [5.74, 6) is 0.495. The molecular formula is C20H21N3O3. The maximum absolute atomic E-state index is 11.8. The van der Waals surface area contributed by atoms with Crippen molar-refractivity contribution >= 4 is 23.2 Å². The molecule has 2 N–H and O–H groups in total. The number of hydrazone groups is 1. The highest BCUT2D eigenvalue weighted by molar-refractivity contribution is 6.01. The fourth-order valence-electron chi connectivity index (χ4n) is 2.32. The molecular weight excluding hydrogens is 330 g/mol. The lowest BCUT2D eigenvalue weighted by atomic mass is 10.1. The third-order valence-electron chi connectivity index (χ3n) is 3.96. The molecule has 0 spiro atoms. The van der Waals surface area contributed by atoms with Gasteiger partial charge in [-0.05, 0) is 49.6 Å². The minimum absolute atomic E-state index is 0.0584. The Bertz CT molecular complexity index is 814. The topological polar surface area (TPSA) is 79.8 Å². The van der Waals surface area contributed by atoms with Gasteiger partial charge in [0.25, 0.3) is 5.91 Å². The Morgan fingerprint density at radius 1 is 1.12 bits per heavy atom. The first-order valence-electron chi connectivity index (χ1n) is 8.54. The van der Waals surface area contributed by atoms with Crippen LogP contribution >= 0.6 is 0 Å². The van der Waals surface area contributed by atoms with Crippen LogP contribution in [-0.2, 0) is 9.59 Å². The minimum atomic E-state index is -0.341. The zero-order valence-corrected chi connectivity index (χ0v) is 14.6. The highest BCUT2D eigenvalue weighted by atomic mass is 16.5. The van der Waals surface area contributed by atoms with Gasteiger partial charge in [0.2, 0.25) is 5.91 Å². The summed E-state index contributed by atoms with van der Waals surface area (Å²) in [5.41, 5.74) is 4.67. The van der Waals surface area contributed by atoms with E-state index in [0.29, 0.717) is 11.5 Å². The van der Waals surface area contributed by atoms with Crippen LogP contribution in [0, 0.1) is 5.92 Å². The number of carbonyl (C=O) groups excluding carboxylic acids is 2. The molecule has 1 aliphatic carbocycles. The number of para-hydroxylation sites is 1. The number of nitrogens with zero attached hydrogens (tertiary/aromatic N) is 1. The Hall–Kier alpha value is -3.15. The van der Waals surface area contributed by atoms with Crippen molar-refractivity contribution in [2.45, 2.75) is 19.8 Å². The van der Waals surface area contributed by atoms with Gasteiger partial charge >= 0.3 is 0 Å². The molecule has 0 atom stereocenters. The largest absolute Gasteiger partial charge is 0.484 e. The molecule has 0 heterocycles. The maximum atomic E-state index is 11.8. The molecule has 0 aliphatic heterocycles. The van der Waals surface area contributed by atoms with Gasteiger partial charge in [-0.25, -0.2) is 5.43 Å². The van der Waals surface area contributed by atoms with Crippen LogP contribution in [0.5, 0.6) is 5.75 Å². The van der Waals surface area contributed by atoms with Crippen molar-refractivity contribution in [2.24, 2.45) is 11.0 Å². The number of nitrogens with one attached hydrogen (secondary N) is 2. The van der Waals surface area contributed by atoms with Gasteiger partial charge in [0.1, 0.15) is 5.75 Å². The van der Waals surface area contributed by atoms with E-state index in [1.54, 1.807) is 19.1 Å². The lowest BCUT2D eigenvalue weighted by Crippen LogP contribution is -2.25. The van der Waals surface area contributed by atoms with Crippen LogP contribution in [0.25, 0.3) is 0 Å². The van der Waals surface area contributed by atoms with E-state index in [0.717, 1.165) is 24.1 Å². The summed E-state index contributed by atoms with van der Waals surface area (Å²) in [5, 5.41) is 7.00. The quantitative estimate of drug-likeness (QED) is 0.594. The lowest BCUT2D eigenvalue weighted by molar-refractivity contribution is -0.123. The average Bonchev–Trinajstić information content (AvgIpc) is 3.51. The van der Waals surface area contributed by atoms with Crippen molar-refractivity contribution < 1.29 is 14.3 Å². The Kier molecular flexibility index (Phi) is 5.63. The number of hydrogen-bond acceptors (Lipinski definition) is 4. The van der Waals surface area contributed by atoms with Crippen LogP contribution in [0.4, 0.5) is 5.69 Å². The minimum Gasteiger partial charge on any atom is -0.484 e. The van der Waals surface area contributed by atoms with E-state index in [-0.39, 0.29) is 24.3 Å². The Morgan fingerprint density at radius 3 is 2.62 bits per heavy atom. The van der Waals surface area contributed by atoms with E-state index in [9.17, 15) is 9.59 Å². The molecule has 1 saturated carbocycles. The Morgan fingerprint density at radius 2 is 1.88 bits per heavy atom. The number of benzene rings is 2. The molecule has 134 valence electrons. The second-order valence-corrected chi connectivity index (χ2v) is 6.18. The Balaban J connectivity index is 1.53. The maximum Gasteiger partial charge on any atom is 0.277 e. The standard InChI is InChI=1S/C20H21N3O3/c1-14(22-23-19(24)13-26-18-8-3-2-4-9-18)16-6-5-7-17(12-16)21-20(25)15-10-11-15/h2-9,12,15H,10-11,13H2,1H3,(H,21,25)(H,23,24)/b22-14+. The molecule has 6 heteroatoms. The van der Waals surface area contributed by atoms with Gasteiger partial charge in [-0.15, -0.1) is 0 Å². The molecule has 26 heavy (non-hydrogen) atoms. The average molecular weight is 351 g/mol. The molecule has 0 unspecified atom stereocenters. The first-order chi connectivity index (χ1) is 12.6. The fourth-order valence-corrected chi connectivity index (χ4v) is 2.32. The van der Waals surface area contributed by atoms with Gasteiger partial charge in [-0.2, -0.15) is 5.10 Å².